The quantitative estimate of drug-likeness (QED) is 0.507. The molecule has 4 aromatic rings. The number of hydrogen-bond donors (Lipinski definition) is 0. The molecule has 0 saturated heterocycles. The van der Waals surface area contributed by atoms with Gasteiger partial charge in [0, 0.05) is 49.1 Å². The second-order valence-corrected chi connectivity index (χ2v) is 7.47. The minimum absolute atomic E-state index is 0.656. The summed E-state index contributed by atoms with van der Waals surface area (Å²) in [6, 6.07) is 11.7. The van der Waals surface area contributed by atoms with Gasteiger partial charge < -0.3 is 9.15 Å². The number of benzene rings is 1. The largest absolute Gasteiger partial charge is 0.497 e. The third-order valence-corrected chi connectivity index (χ3v) is 5.58. The molecule has 0 N–H and O–H groups in total. The highest BCUT2D eigenvalue weighted by Crippen LogP contribution is 2.24. The monoisotopic (exact) mass is 401 g/mol. The van der Waals surface area contributed by atoms with Crippen LogP contribution in [0.2, 0.25) is 0 Å². The van der Waals surface area contributed by atoms with Gasteiger partial charge in [-0.25, -0.2) is 14.6 Å². The Morgan fingerprint density at radius 3 is 2.77 bits per heavy atom. The zero-order chi connectivity index (χ0) is 20.5. The fraction of sp³-hybridized carbons (Fsp3) is 0.261. The van der Waals surface area contributed by atoms with Gasteiger partial charge in [-0.15, -0.1) is 0 Å². The van der Waals surface area contributed by atoms with Crippen molar-refractivity contribution in [2.24, 2.45) is 0 Å². The van der Waals surface area contributed by atoms with Gasteiger partial charge in [0.2, 0.25) is 0 Å². The fourth-order valence-corrected chi connectivity index (χ4v) is 3.86. The number of aromatic nitrogens is 4. The van der Waals surface area contributed by atoms with Crippen LogP contribution in [0.4, 0.5) is 0 Å². The summed E-state index contributed by atoms with van der Waals surface area (Å²) in [4.78, 5) is 11.6. The molecule has 0 spiro atoms. The molecule has 30 heavy (non-hydrogen) atoms. The minimum Gasteiger partial charge on any atom is -0.497 e. The first-order chi connectivity index (χ1) is 14.7. The first kappa shape index (κ1) is 18.6. The molecular formula is C23H23N5O2. The van der Waals surface area contributed by atoms with Crippen LogP contribution in [0.25, 0.3) is 17.3 Å². The van der Waals surface area contributed by atoms with E-state index in [1.807, 2.05) is 53.5 Å². The molecule has 1 aliphatic heterocycles. The van der Waals surface area contributed by atoms with Crippen LogP contribution < -0.4 is 4.74 Å². The van der Waals surface area contributed by atoms with Crippen LogP contribution in [-0.2, 0) is 19.5 Å². The Morgan fingerprint density at radius 1 is 1.13 bits per heavy atom. The summed E-state index contributed by atoms with van der Waals surface area (Å²) < 4.78 is 12.6. The minimum atomic E-state index is 0.656. The van der Waals surface area contributed by atoms with Crippen molar-refractivity contribution < 1.29 is 9.15 Å². The van der Waals surface area contributed by atoms with Crippen molar-refractivity contribution in [2.45, 2.75) is 26.4 Å². The number of furan rings is 1. The highest BCUT2D eigenvalue weighted by molar-refractivity contribution is 5.47. The van der Waals surface area contributed by atoms with Crippen molar-refractivity contribution in [1.29, 1.82) is 0 Å². The van der Waals surface area contributed by atoms with Crippen molar-refractivity contribution in [3.63, 3.8) is 0 Å². The van der Waals surface area contributed by atoms with E-state index in [0.29, 0.717) is 11.6 Å². The predicted molar refractivity (Wildman–Crippen MR) is 112 cm³/mol. The van der Waals surface area contributed by atoms with Gasteiger partial charge in [-0.05, 0) is 43.3 Å². The maximum absolute atomic E-state index is 5.42. The molecule has 0 fully saturated rings. The van der Waals surface area contributed by atoms with Gasteiger partial charge in [-0.3, -0.25) is 4.90 Å². The van der Waals surface area contributed by atoms with Crippen molar-refractivity contribution in [3.8, 4) is 23.0 Å². The van der Waals surface area contributed by atoms with Gasteiger partial charge in [0.1, 0.15) is 5.75 Å². The lowest BCUT2D eigenvalue weighted by molar-refractivity contribution is 0.242. The van der Waals surface area contributed by atoms with E-state index in [0.717, 1.165) is 48.9 Å². The van der Waals surface area contributed by atoms with Gasteiger partial charge in [0.25, 0.3) is 0 Å². The van der Waals surface area contributed by atoms with E-state index in [1.54, 1.807) is 13.4 Å². The van der Waals surface area contributed by atoms with Crippen LogP contribution in [0, 0.1) is 6.92 Å². The van der Waals surface area contributed by atoms with E-state index < -0.39 is 0 Å². The van der Waals surface area contributed by atoms with Crippen LogP contribution in [0.1, 0.15) is 22.5 Å². The Hall–Kier alpha value is -3.45. The van der Waals surface area contributed by atoms with Crippen molar-refractivity contribution in [1.82, 2.24) is 24.6 Å². The van der Waals surface area contributed by atoms with E-state index in [1.165, 1.54) is 11.1 Å². The molecule has 7 nitrogen and oxygen atoms in total. The smallest absolute Gasteiger partial charge is 0.195 e. The summed E-state index contributed by atoms with van der Waals surface area (Å²) in [5, 5.41) is 4.61. The number of fused-ring (bicyclic) bond motifs is 1. The number of rotatable bonds is 5. The van der Waals surface area contributed by atoms with Crippen molar-refractivity contribution in [2.75, 3.05) is 13.7 Å². The molecule has 3 aromatic heterocycles. The number of hydrogen-bond acceptors (Lipinski definition) is 6. The van der Waals surface area contributed by atoms with Gasteiger partial charge >= 0.3 is 0 Å². The summed E-state index contributed by atoms with van der Waals surface area (Å²) in [6.07, 6.45) is 6.44. The summed E-state index contributed by atoms with van der Waals surface area (Å²) in [5.41, 5.74) is 5.69. The van der Waals surface area contributed by atoms with Gasteiger partial charge in [-0.2, -0.15) is 5.10 Å². The lowest BCUT2D eigenvalue weighted by Crippen LogP contribution is -2.31. The van der Waals surface area contributed by atoms with Crippen molar-refractivity contribution in [3.05, 3.63) is 77.6 Å². The Kier molecular flexibility index (Phi) is 4.80. The molecule has 152 valence electrons. The van der Waals surface area contributed by atoms with Crippen molar-refractivity contribution >= 4 is 0 Å². The van der Waals surface area contributed by atoms with E-state index in [2.05, 4.69) is 21.9 Å². The third kappa shape index (κ3) is 3.48. The number of methoxy groups -OCH3 is 1. The molecule has 0 bridgehead atoms. The van der Waals surface area contributed by atoms with E-state index in [-0.39, 0.29) is 0 Å². The highest BCUT2D eigenvalue weighted by atomic mass is 16.5. The normalized spacial score (nSPS) is 13.9. The van der Waals surface area contributed by atoms with Crippen LogP contribution >= 0.6 is 0 Å². The second-order valence-electron chi connectivity index (χ2n) is 7.47. The van der Waals surface area contributed by atoms with Gasteiger partial charge in [0.05, 0.1) is 31.0 Å². The second kappa shape index (κ2) is 7.76. The van der Waals surface area contributed by atoms with E-state index in [9.17, 15) is 0 Å². The van der Waals surface area contributed by atoms with Crippen LogP contribution in [-0.4, -0.2) is 38.3 Å². The third-order valence-electron chi connectivity index (χ3n) is 5.58. The molecule has 0 saturated carbocycles. The summed E-state index contributed by atoms with van der Waals surface area (Å²) in [6.45, 7) is 4.75. The SMILES string of the molecule is COc1ccc(-n2ncc(CN3CCc4nc(-c5ccco5)ncc4C3)c2C)cc1. The molecular weight excluding hydrogens is 378 g/mol. The summed E-state index contributed by atoms with van der Waals surface area (Å²) in [5.74, 6) is 2.21. The Balaban J connectivity index is 1.31. The maximum Gasteiger partial charge on any atom is 0.195 e. The zero-order valence-corrected chi connectivity index (χ0v) is 17.1. The maximum atomic E-state index is 5.42. The van der Waals surface area contributed by atoms with E-state index in [4.69, 9.17) is 14.1 Å². The summed E-state index contributed by atoms with van der Waals surface area (Å²) in [7, 11) is 1.67. The zero-order valence-electron chi connectivity index (χ0n) is 17.1. The average molecular weight is 401 g/mol. The molecule has 4 heterocycles. The first-order valence-corrected chi connectivity index (χ1v) is 10.0. The van der Waals surface area contributed by atoms with Crippen LogP contribution in [0.5, 0.6) is 5.75 Å². The van der Waals surface area contributed by atoms with E-state index >= 15 is 0 Å². The molecule has 0 amide bonds. The molecule has 0 unspecified atom stereocenters. The lowest BCUT2D eigenvalue weighted by atomic mass is 10.1. The molecule has 5 rings (SSSR count). The lowest BCUT2D eigenvalue weighted by Gasteiger charge is -2.27. The van der Waals surface area contributed by atoms with Gasteiger partial charge in [0.15, 0.2) is 11.6 Å². The standard InChI is InChI=1S/C23H23N5O2/c1-16-17(13-25-28(16)19-5-7-20(29-2)8-6-19)14-27-10-9-21-18(15-27)12-24-23(26-21)22-4-3-11-30-22/h3-8,11-13H,9-10,14-15H2,1-2H3. The number of nitrogens with zero attached hydrogens (tertiary/aromatic N) is 5. The van der Waals surface area contributed by atoms with Crippen LogP contribution in [0.3, 0.4) is 0 Å². The van der Waals surface area contributed by atoms with Crippen LogP contribution in [0.15, 0.2) is 59.5 Å². The molecule has 1 aromatic carbocycles. The fourth-order valence-electron chi connectivity index (χ4n) is 3.86. The molecule has 0 aliphatic carbocycles. The first-order valence-electron chi connectivity index (χ1n) is 10.0. The molecule has 0 radical (unpaired) electrons. The topological polar surface area (TPSA) is 69.2 Å². The summed E-state index contributed by atoms with van der Waals surface area (Å²) >= 11 is 0. The van der Waals surface area contributed by atoms with Gasteiger partial charge in [-0.1, -0.05) is 0 Å². The molecule has 7 heteroatoms. The Morgan fingerprint density at radius 2 is 2.00 bits per heavy atom. The Bertz CT molecular complexity index is 1150. The predicted octanol–water partition coefficient (Wildman–Crippen LogP) is 3.80. The average Bonchev–Trinajstić information content (AvgIpc) is 3.44. The Labute approximate surface area is 175 Å². The highest BCUT2D eigenvalue weighted by Gasteiger charge is 2.21. The molecule has 0 atom stereocenters. The number of ether oxygens (including phenoxy) is 1. The molecule has 1 aliphatic rings.